The van der Waals surface area contributed by atoms with Gasteiger partial charge in [-0.2, -0.15) is 4.98 Å². The zero-order valence-electron chi connectivity index (χ0n) is 15.3. The van der Waals surface area contributed by atoms with Crippen molar-refractivity contribution in [1.29, 1.82) is 0 Å². The summed E-state index contributed by atoms with van der Waals surface area (Å²) in [5, 5.41) is 9.57. The minimum atomic E-state index is -0.437. The first-order valence-electron chi connectivity index (χ1n) is 8.48. The standard InChI is InChI=1S/C18H20N6O3/c1-4-19-15(25)10-27-14-7-5-13(6-8-14)21-17(26)16-22-18-20-11(2)9-12(3)24(18)23-16/h5-9H,4,10H2,1-3H3,(H,19,25)(H,21,26). The first-order valence-corrected chi connectivity index (χ1v) is 8.48. The highest BCUT2D eigenvalue weighted by atomic mass is 16.5. The summed E-state index contributed by atoms with van der Waals surface area (Å²) in [6, 6.07) is 8.55. The monoisotopic (exact) mass is 368 g/mol. The van der Waals surface area contributed by atoms with E-state index in [1.165, 1.54) is 4.52 Å². The van der Waals surface area contributed by atoms with Crippen LogP contribution in [0.3, 0.4) is 0 Å². The number of nitrogens with one attached hydrogen (secondary N) is 2. The summed E-state index contributed by atoms with van der Waals surface area (Å²) in [6.45, 7) is 6.07. The number of carbonyl (C=O) groups excluding carboxylic acids is 2. The molecule has 0 bridgehead atoms. The van der Waals surface area contributed by atoms with E-state index in [4.69, 9.17) is 4.74 Å². The Labute approximate surface area is 155 Å². The van der Waals surface area contributed by atoms with Crippen LogP contribution < -0.4 is 15.4 Å². The van der Waals surface area contributed by atoms with Gasteiger partial charge in [-0.05, 0) is 51.1 Å². The quantitative estimate of drug-likeness (QED) is 0.682. The Morgan fingerprint density at radius 3 is 2.59 bits per heavy atom. The van der Waals surface area contributed by atoms with Crippen LogP contribution in [0.25, 0.3) is 5.78 Å². The highest BCUT2D eigenvalue weighted by Crippen LogP contribution is 2.16. The molecule has 3 aromatic rings. The molecule has 0 saturated carbocycles. The van der Waals surface area contributed by atoms with Gasteiger partial charge in [0.05, 0.1) is 0 Å². The smallest absolute Gasteiger partial charge is 0.295 e. The number of hydrogen-bond acceptors (Lipinski definition) is 6. The molecule has 3 rings (SSSR count). The van der Waals surface area contributed by atoms with E-state index >= 15 is 0 Å². The van der Waals surface area contributed by atoms with Gasteiger partial charge in [0, 0.05) is 23.6 Å². The minimum Gasteiger partial charge on any atom is -0.484 e. The number of anilines is 1. The largest absolute Gasteiger partial charge is 0.484 e. The molecule has 2 amide bonds. The second kappa shape index (κ2) is 7.81. The second-order valence-corrected chi connectivity index (χ2v) is 5.91. The molecular weight excluding hydrogens is 348 g/mol. The van der Waals surface area contributed by atoms with Crippen LogP contribution in [0.2, 0.25) is 0 Å². The highest BCUT2D eigenvalue weighted by Gasteiger charge is 2.15. The fraction of sp³-hybridized carbons (Fsp3) is 0.278. The van der Waals surface area contributed by atoms with Crippen LogP contribution in [0.5, 0.6) is 5.75 Å². The molecule has 0 unspecified atom stereocenters. The van der Waals surface area contributed by atoms with Crippen molar-refractivity contribution in [1.82, 2.24) is 24.9 Å². The lowest BCUT2D eigenvalue weighted by molar-refractivity contribution is -0.122. The van der Waals surface area contributed by atoms with Crippen LogP contribution in [0, 0.1) is 13.8 Å². The van der Waals surface area contributed by atoms with Crippen LogP contribution in [0.1, 0.15) is 28.9 Å². The van der Waals surface area contributed by atoms with Crippen LogP contribution in [0.4, 0.5) is 5.69 Å². The van der Waals surface area contributed by atoms with Gasteiger partial charge in [0.1, 0.15) is 5.75 Å². The van der Waals surface area contributed by atoms with Gasteiger partial charge in [-0.15, -0.1) is 5.10 Å². The van der Waals surface area contributed by atoms with Crippen molar-refractivity contribution in [3.8, 4) is 5.75 Å². The van der Waals surface area contributed by atoms with Gasteiger partial charge in [0.2, 0.25) is 5.82 Å². The topological polar surface area (TPSA) is 111 Å². The minimum absolute atomic E-state index is 0.0350. The van der Waals surface area contributed by atoms with Crippen LogP contribution in [-0.2, 0) is 4.79 Å². The number of fused-ring (bicyclic) bond motifs is 1. The van der Waals surface area contributed by atoms with Gasteiger partial charge in [-0.25, -0.2) is 9.50 Å². The average molecular weight is 368 g/mol. The van der Waals surface area contributed by atoms with Crippen molar-refractivity contribution in [3.63, 3.8) is 0 Å². The molecular formula is C18H20N6O3. The molecule has 0 aliphatic heterocycles. The number of likely N-dealkylation sites (N-methyl/N-ethyl adjacent to an activating group) is 1. The number of aromatic nitrogens is 4. The third-order valence-electron chi connectivity index (χ3n) is 3.68. The van der Waals surface area contributed by atoms with Crippen molar-refractivity contribution >= 4 is 23.3 Å². The van der Waals surface area contributed by atoms with Crippen LogP contribution in [0.15, 0.2) is 30.3 Å². The molecule has 0 saturated heterocycles. The summed E-state index contributed by atoms with van der Waals surface area (Å²) in [7, 11) is 0. The third kappa shape index (κ3) is 4.38. The number of amides is 2. The zero-order chi connectivity index (χ0) is 19.4. The van der Waals surface area contributed by atoms with Gasteiger partial charge in [0.15, 0.2) is 6.61 Å². The van der Waals surface area contributed by atoms with E-state index < -0.39 is 5.91 Å². The summed E-state index contributed by atoms with van der Waals surface area (Å²) in [4.78, 5) is 32.2. The lowest BCUT2D eigenvalue weighted by Crippen LogP contribution is -2.28. The van der Waals surface area contributed by atoms with Crippen molar-refractivity contribution in [3.05, 3.63) is 47.5 Å². The second-order valence-electron chi connectivity index (χ2n) is 5.91. The Hall–Kier alpha value is -3.49. The average Bonchev–Trinajstić information content (AvgIpc) is 3.06. The van der Waals surface area contributed by atoms with Crippen molar-refractivity contribution in [2.45, 2.75) is 20.8 Å². The van der Waals surface area contributed by atoms with E-state index in [2.05, 4.69) is 25.7 Å². The Kier molecular flexibility index (Phi) is 5.30. The van der Waals surface area contributed by atoms with Crippen molar-refractivity contribution in [2.75, 3.05) is 18.5 Å². The summed E-state index contributed by atoms with van der Waals surface area (Å²) in [6.07, 6.45) is 0. The van der Waals surface area contributed by atoms with Gasteiger partial charge >= 0.3 is 0 Å². The van der Waals surface area contributed by atoms with Crippen LogP contribution >= 0.6 is 0 Å². The molecule has 0 aliphatic rings. The molecule has 1 aromatic carbocycles. The Bertz CT molecular complexity index is 981. The SMILES string of the molecule is CCNC(=O)COc1ccc(NC(=O)c2nc3nc(C)cc(C)n3n2)cc1. The predicted molar refractivity (Wildman–Crippen MR) is 98.8 cm³/mol. The molecule has 2 heterocycles. The predicted octanol–water partition coefficient (Wildman–Crippen LogP) is 1.51. The molecule has 0 radical (unpaired) electrons. The van der Waals surface area contributed by atoms with E-state index in [9.17, 15) is 9.59 Å². The summed E-state index contributed by atoms with van der Waals surface area (Å²) >= 11 is 0. The van der Waals surface area contributed by atoms with Gasteiger partial charge in [-0.3, -0.25) is 9.59 Å². The highest BCUT2D eigenvalue weighted by molar-refractivity contribution is 6.01. The van der Waals surface area contributed by atoms with Gasteiger partial charge in [0.25, 0.3) is 17.6 Å². The molecule has 9 heteroatoms. The van der Waals surface area contributed by atoms with E-state index in [0.29, 0.717) is 23.8 Å². The van der Waals surface area contributed by atoms with Crippen molar-refractivity contribution in [2.24, 2.45) is 0 Å². The zero-order valence-corrected chi connectivity index (χ0v) is 15.3. The first-order chi connectivity index (χ1) is 13.0. The molecule has 9 nitrogen and oxygen atoms in total. The maximum atomic E-state index is 12.4. The number of nitrogens with zero attached hydrogens (tertiary/aromatic N) is 4. The first kappa shape index (κ1) is 18.3. The Morgan fingerprint density at radius 1 is 1.15 bits per heavy atom. The molecule has 0 fully saturated rings. The molecule has 0 spiro atoms. The van der Waals surface area contributed by atoms with E-state index in [1.54, 1.807) is 24.3 Å². The normalized spacial score (nSPS) is 10.6. The fourth-order valence-electron chi connectivity index (χ4n) is 2.48. The number of ether oxygens (including phenoxy) is 1. The third-order valence-corrected chi connectivity index (χ3v) is 3.68. The molecule has 27 heavy (non-hydrogen) atoms. The van der Waals surface area contributed by atoms with E-state index in [1.807, 2.05) is 26.8 Å². The number of hydrogen-bond donors (Lipinski definition) is 2. The van der Waals surface area contributed by atoms with E-state index in [-0.39, 0.29) is 18.3 Å². The van der Waals surface area contributed by atoms with E-state index in [0.717, 1.165) is 11.4 Å². The maximum Gasteiger partial charge on any atom is 0.295 e. The van der Waals surface area contributed by atoms with Crippen LogP contribution in [-0.4, -0.2) is 44.5 Å². The van der Waals surface area contributed by atoms with Gasteiger partial charge in [-0.1, -0.05) is 0 Å². The number of benzene rings is 1. The molecule has 2 N–H and O–H groups in total. The molecule has 0 aliphatic carbocycles. The summed E-state index contributed by atoms with van der Waals surface area (Å²) < 4.78 is 6.90. The molecule has 140 valence electrons. The Balaban J connectivity index is 1.66. The van der Waals surface area contributed by atoms with Crippen molar-refractivity contribution < 1.29 is 14.3 Å². The lowest BCUT2D eigenvalue weighted by atomic mass is 10.3. The van der Waals surface area contributed by atoms with Gasteiger partial charge < -0.3 is 15.4 Å². The molecule has 0 atom stereocenters. The number of rotatable bonds is 6. The maximum absolute atomic E-state index is 12.4. The molecule has 2 aromatic heterocycles. The number of carbonyl (C=O) groups is 2. The fourth-order valence-corrected chi connectivity index (χ4v) is 2.48. The lowest BCUT2D eigenvalue weighted by Gasteiger charge is -2.07. The number of aryl methyl sites for hydroxylation is 2. The Morgan fingerprint density at radius 2 is 1.89 bits per heavy atom. The summed E-state index contributed by atoms with van der Waals surface area (Å²) in [5.41, 5.74) is 2.21. The summed E-state index contributed by atoms with van der Waals surface area (Å²) in [5.74, 6) is 0.320.